The third-order valence-corrected chi connectivity index (χ3v) is 5.25. The topological polar surface area (TPSA) is 84.9 Å². The van der Waals surface area contributed by atoms with Crippen molar-refractivity contribution in [3.05, 3.63) is 47.5 Å². The second-order valence-corrected chi connectivity index (χ2v) is 8.89. The molecule has 0 aliphatic carbocycles. The number of ether oxygens (including phenoxy) is 2. The zero-order chi connectivity index (χ0) is 23.2. The Balaban J connectivity index is 2.27. The molecule has 170 valence electrons. The maximum absolute atomic E-state index is 13.4. The van der Waals surface area contributed by atoms with Gasteiger partial charge in [0, 0.05) is 6.54 Å². The average molecular weight is 431 g/mol. The fraction of sp³-hybridized carbons (Fsp3) is 0.542. The molecular weight excluding hydrogens is 396 g/mol. The Hall–Kier alpha value is -2.83. The molecule has 1 aliphatic rings. The number of amides is 2. The van der Waals surface area contributed by atoms with Crippen molar-refractivity contribution in [3.8, 4) is 0 Å². The van der Waals surface area contributed by atoms with Gasteiger partial charge in [-0.2, -0.15) is 0 Å². The van der Waals surface area contributed by atoms with E-state index >= 15 is 0 Å². The quantitative estimate of drug-likeness (QED) is 0.552. The van der Waals surface area contributed by atoms with Crippen LogP contribution in [0, 0.1) is 5.92 Å². The van der Waals surface area contributed by atoms with Gasteiger partial charge in [-0.1, -0.05) is 36.4 Å². The van der Waals surface area contributed by atoms with E-state index in [4.69, 9.17) is 9.47 Å². The molecule has 1 N–H and O–H groups in total. The maximum atomic E-state index is 13.4. The van der Waals surface area contributed by atoms with Crippen molar-refractivity contribution < 1.29 is 23.9 Å². The van der Waals surface area contributed by atoms with Crippen molar-refractivity contribution >= 4 is 18.0 Å². The number of alkyl carbamates (subject to hydrolysis) is 1. The highest BCUT2D eigenvalue weighted by Gasteiger charge is 2.34. The van der Waals surface area contributed by atoms with Gasteiger partial charge in [0.05, 0.1) is 19.1 Å². The van der Waals surface area contributed by atoms with Gasteiger partial charge in [-0.05, 0) is 58.6 Å². The predicted octanol–water partition coefficient (Wildman–Crippen LogP) is 3.48. The van der Waals surface area contributed by atoms with Gasteiger partial charge in [-0.3, -0.25) is 4.79 Å². The van der Waals surface area contributed by atoms with Gasteiger partial charge in [-0.15, -0.1) is 0 Å². The lowest BCUT2D eigenvalue weighted by atomic mass is 9.94. The minimum absolute atomic E-state index is 0.124. The van der Waals surface area contributed by atoms with Crippen LogP contribution in [0.4, 0.5) is 4.79 Å². The summed E-state index contributed by atoms with van der Waals surface area (Å²) < 4.78 is 10.2. The predicted molar refractivity (Wildman–Crippen MR) is 118 cm³/mol. The molecule has 1 aromatic rings. The van der Waals surface area contributed by atoms with Gasteiger partial charge < -0.3 is 19.7 Å². The van der Waals surface area contributed by atoms with E-state index in [0.717, 1.165) is 11.1 Å². The van der Waals surface area contributed by atoms with Crippen LogP contribution in [0.3, 0.4) is 0 Å². The SMILES string of the molecule is COC(=O)C(C)N1CCC(C(C)NC(=O)OC(C)(C)C)=CC(Cc2ccccc2)C1=O. The number of carbonyl (C=O) groups is 3. The molecule has 1 aromatic carbocycles. The molecule has 0 radical (unpaired) electrons. The highest BCUT2D eigenvalue weighted by Crippen LogP contribution is 2.25. The molecule has 0 saturated heterocycles. The highest BCUT2D eigenvalue weighted by atomic mass is 16.6. The van der Waals surface area contributed by atoms with Crippen LogP contribution in [-0.4, -0.2) is 54.2 Å². The van der Waals surface area contributed by atoms with Crippen LogP contribution in [0.15, 0.2) is 42.0 Å². The molecule has 31 heavy (non-hydrogen) atoms. The Bertz CT molecular complexity index is 813. The van der Waals surface area contributed by atoms with Crippen molar-refractivity contribution in [2.24, 2.45) is 5.92 Å². The second-order valence-electron chi connectivity index (χ2n) is 8.89. The molecule has 1 aliphatic heterocycles. The summed E-state index contributed by atoms with van der Waals surface area (Å²) in [6.07, 6.45) is 2.47. The van der Waals surface area contributed by atoms with Crippen LogP contribution < -0.4 is 5.32 Å². The monoisotopic (exact) mass is 430 g/mol. The van der Waals surface area contributed by atoms with E-state index in [1.165, 1.54) is 7.11 Å². The zero-order valence-electron chi connectivity index (χ0n) is 19.3. The molecular formula is C24H34N2O5. The Kier molecular flexibility index (Phi) is 8.25. The van der Waals surface area contributed by atoms with Crippen molar-refractivity contribution in [2.75, 3.05) is 13.7 Å². The van der Waals surface area contributed by atoms with Crippen LogP contribution in [0.1, 0.15) is 46.6 Å². The number of esters is 1. The summed E-state index contributed by atoms with van der Waals surface area (Å²) >= 11 is 0. The van der Waals surface area contributed by atoms with Gasteiger partial charge in [0.25, 0.3) is 0 Å². The molecule has 0 spiro atoms. The number of carbonyl (C=O) groups excluding carboxylic acids is 3. The molecule has 0 fully saturated rings. The summed E-state index contributed by atoms with van der Waals surface area (Å²) in [6, 6.07) is 8.75. The van der Waals surface area contributed by atoms with Crippen LogP contribution in [0.2, 0.25) is 0 Å². The first-order chi connectivity index (χ1) is 14.5. The van der Waals surface area contributed by atoms with E-state index in [-0.39, 0.29) is 11.9 Å². The number of nitrogens with zero attached hydrogens (tertiary/aromatic N) is 1. The Morgan fingerprint density at radius 1 is 1.19 bits per heavy atom. The van der Waals surface area contributed by atoms with Gasteiger partial charge in [0.2, 0.25) is 5.91 Å². The third-order valence-electron chi connectivity index (χ3n) is 5.25. The highest BCUT2D eigenvalue weighted by molar-refractivity contribution is 5.87. The summed E-state index contributed by atoms with van der Waals surface area (Å²) in [5, 5.41) is 2.86. The summed E-state index contributed by atoms with van der Waals surface area (Å²) in [4.78, 5) is 39.3. The first kappa shape index (κ1) is 24.4. The number of nitrogens with one attached hydrogen (secondary N) is 1. The molecule has 0 aromatic heterocycles. The molecule has 7 heteroatoms. The summed E-state index contributed by atoms with van der Waals surface area (Å²) in [7, 11) is 1.32. The van der Waals surface area contributed by atoms with E-state index in [0.29, 0.717) is 19.4 Å². The van der Waals surface area contributed by atoms with E-state index in [1.54, 1.807) is 11.8 Å². The largest absolute Gasteiger partial charge is 0.467 e. The van der Waals surface area contributed by atoms with Crippen LogP contribution in [0.25, 0.3) is 0 Å². The molecule has 3 unspecified atom stereocenters. The lowest BCUT2D eigenvalue weighted by Crippen LogP contribution is -2.46. The number of hydrogen-bond donors (Lipinski definition) is 1. The lowest BCUT2D eigenvalue weighted by molar-refractivity contribution is -0.152. The van der Waals surface area contributed by atoms with E-state index < -0.39 is 29.6 Å². The molecule has 1 heterocycles. The second kappa shape index (κ2) is 10.5. The minimum atomic E-state index is -0.683. The van der Waals surface area contributed by atoms with Crippen LogP contribution in [0.5, 0.6) is 0 Å². The van der Waals surface area contributed by atoms with Crippen LogP contribution >= 0.6 is 0 Å². The fourth-order valence-electron chi connectivity index (χ4n) is 3.62. The molecule has 2 amide bonds. The molecule has 3 atom stereocenters. The Labute approximate surface area is 184 Å². The van der Waals surface area contributed by atoms with Gasteiger partial charge in [0.1, 0.15) is 11.6 Å². The molecule has 0 bridgehead atoms. The van der Waals surface area contributed by atoms with E-state index in [2.05, 4.69) is 5.32 Å². The van der Waals surface area contributed by atoms with Crippen LogP contribution in [-0.2, 0) is 25.5 Å². The zero-order valence-corrected chi connectivity index (χ0v) is 19.3. The maximum Gasteiger partial charge on any atom is 0.408 e. The summed E-state index contributed by atoms with van der Waals surface area (Å²) in [5.74, 6) is -1.02. The van der Waals surface area contributed by atoms with Crippen molar-refractivity contribution in [2.45, 2.75) is 65.1 Å². The number of rotatable bonds is 6. The minimum Gasteiger partial charge on any atom is -0.467 e. The number of methoxy groups -OCH3 is 1. The fourth-order valence-corrected chi connectivity index (χ4v) is 3.62. The smallest absolute Gasteiger partial charge is 0.408 e. The molecule has 2 rings (SSSR count). The number of benzene rings is 1. The van der Waals surface area contributed by atoms with Crippen molar-refractivity contribution in [3.63, 3.8) is 0 Å². The van der Waals surface area contributed by atoms with Gasteiger partial charge in [0.15, 0.2) is 0 Å². The first-order valence-electron chi connectivity index (χ1n) is 10.6. The van der Waals surface area contributed by atoms with Gasteiger partial charge >= 0.3 is 12.1 Å². The Morgan fingerprint density at radius 3 is 2.42 bits per heavy atom. The standard InChI is InChI=1S/C24H34N2O5/c1-16(25-23(29)31-24(3,4)5)19-12-13-26(17(2)22(28)30-6)21(27)20(15-19)14-18-10-8-7-9-11-18/h7-11,15-17,20H,12-14H2,1-6H3,(H,25,29). The third kappa shape index (κ3) is 7.12. The average Bonchev–Trinajstić information content (AvgIpc) is 2.85. The summed E-state index contributed by atoms with van der Waals surface area (Å²) in [5.41, 5.74) is 1.36. The van der Waals surface area contributed by atoms with Crippen molar-refractivity contribution in [1.29, 1.82) is 0 Å². The first-order valence-corrected chi connectivity index (χ1v) is 10.6. The lowest BCUT2D eigenvalue weighted by Gasteiger charge is -2.28. The molecule has 0 saturated carbocycles. The van der Waals surface area contributed by atoms with E-state index in [1.807, 2.05) is 64.1 Å². The number of hydrogen-bond acceptors (Lipinski definition) is 5. The summed E-state index contributed by atoms with van der Waals surface area (Å²) in [6.45, 7) is 9.34. The molecule has 7 nitrogen and oxygen atoms in total. The Morgan fingerprint density at radius 2 is 1.84 bits per heavy atom. The van der Waals surface area contributed by atoms with Crippen molar-refractivity contribution in [1.82, 2.24) is 10.2 Å². The normalized spacial score (nSPS) is 19.0. The van der Waals surface area contributed by atoms with Gasteiger partial charge in [-0.25, -0.2) is 9.59 Å². The van der Waals surface area contributed by atoms with E-state index in [9.17, 15) is 14.4 Å².